The summed E-state index contributed by atoms with van der Waals surface area (Å²) in [5, 5.41) is 19.4. The van der Waals surface area contributed by atoms with Gasteiger partial charge in [0.15, 0.2) is 0 Å². The first kappa shape index (κ1) is 19.6. The van der Waals surface area contributed by atoms with Crippen molar-refractivity contribution in [3.63, 3.8) is 0 Å². The number of rotatable bonds is 7. The van der Waals surface area contributed by atoms with Crippen LogP contribution in [-0.4, -0.2) is 27.6 Å². The molecule has 8 heteroatoms. The zero-order valence-electron chi connectivity index (χ0n) is 15.0. The molecule has 0 aliphatic heterocycles. The van der Waals surface area contributed by atoms with Crippen LogP contribution < -0.4 is 10.7 Å². The molecular weight excluding hydrogens is 352 g/mol. The van der Waals surface area contributed by atoms with Gasteiger partial charge < -0.3 is 10.4 Å². The highest BCUT2D eigenvalue weighted by Gasteiger charge is 2.10. The fourth-order valence-corrected chi connectivity index (χ4v) is 2.99. The monoisotopic (exact) mass is 374 g/mol. The Hall–Kier alpha value is -2.74. The van der Waals surface area contributed by atoms with E-state index in [1.54, 1.807) is 19.1 Å². The van der Waals surface area contributed by atoms with Gasteiger partial charge in [-0.25, -0.2) is 10.4 Å². The maximum Gasteiger partial charge on any atom is 0.246 e. The van der Waals surface area contributed by atoms with Crippen molar-refractivity contribution >= 4 is 34.6 Å². The number of thiazole rings is 1. The van der Waals surface area contributed by atoms with Gasteiger partial charge in [0.1, 0.15) is 10.8 Å². The number of hydrazone groups is 1. The number of carbonyl (C=O) groups excluding carboxylic acids is 2. The minimum Gasteiger partial charge on any atom is -0.507 e. The van der Waals surface area contributed by atoms with Gasteiger partial charge in [0.05, 0.1) is 12.1 Å². The lowest BCUT2D eigenvalue weighted by atomic mass is 10.1. The molecule has 0 saturated carbocycles. The van der Waals surface area contributed by atoms with Crippen molar-refractivity contribution < 1.29 is 14.7 Å². The van der Waals surface area contributed by atoms with Crippen LogP contribution in [0.3, 0.4) is 0 Å². The van der Waals surface area contributed by atoms with Crippen molar-refractivity contribution in [2.45, 2.75) is 40.0 Å². The van der Waals surface area contributed by atoms with Crippen molar-refractivity contribution in [3.05, 3.63) is 39.8 Å². The average molecular weight is 374 g/mol. The summed E-state index contributed by atoms with van der Waals surface area (Å²) in [6.45, 7) is 5.46. The SMILES string of the molecule is CCCC(=O)Nc1ccc(O)c(/C(C)=N/NC(=O)Cc2nc(C)cs2)c1. The molecule has 2 amide bonds. The van der Waals surface area contributed by atoms with Gasteiger partial charge in [-0.3, -0.25) is 9.59 Å². The number of phenolic OH excluding ortho intramolecular Hbond substituents is 1. The van der Waals surface area contributed by atoms with Crippen LogP contribution in [0.25, 0.3) is 0 Å². The van der Waals surface area contributed by atoms with Gasteiger partial charge in [-0.2, -0.15) is 5.10 Å². The van der Waals surface area contributed by atoms with E-state index in [-0.39, 0.29) is 24.0 Å². The fourth-order valence-electron chi connectivity index (χ4n) is 2.22. The summed E-state index contributed by atoms with van der Waals surface area (Å²) >= 11 is 1.42. The van der Waals surface area contributed by atoms with Crippen molar-refractivity contribution in [1.29, 1.82) is 0 Å². The zero-order valence-corrected chi connectivity index (χ0v) is 15.8. The summed E-state index contributed by atoms with van der Waals surface area (Å²) in [6, 6.07) is 4.72. The Bertz CT molecular complexity index is 830. The van der Waals surface area contributed by atoms with Crippen LogP contribution in [0, 0.1) is 6.92 Å². The highest BCUT2D eigenvalue weighted by atomic mass is 32.1. The summed E-state index contributed by atoms with van der Waals surface area (Å²) in [4.78, 5) is 27.9. The lowest BCUT2D eigenvalue weighted by molar-refractivity contribution is -0.120. The second kappa shape index (κ2) is 9.10. The van der Waals surface area contributed by atoms with E-state index in [2.05, 4.69) is 20.8 Å². The van der Waals surface area contributed by atoms with E-state index in [1.165, 1.54) is 17.4 Å². The molecule has 2 aromatic rings. The predicted molar refractivity (Wildman–Crippen MR) is 103 cm³/mol. The van der Waals surface area contributed by atoms with Crippen LogP contribution in [0.4, 0.5) is 5.69 Å². The van der Waals surface area contributed by atoms with Gasteiger partial charge in [0.2, 0.25) is 11.8 Å². The number of aromatic hydroxyl groups is 1. The molecular formula is C18H22N4O3S. The molecule has 1 aromatic carbocycles. The lowest BCUT2D eigenvalue weighted by Gasteiger charge is -2.09. The number of hydrogen-bond acceptors (Lipinski definition) is 6. The summed E-state index contributed by atoms with van der Waals surface area (Å²) in [5.41, 5.74) is 4.77. The van der Waals surface area contributed by atoms with Gasteiger partial charge in [0, 0.05) is 28.7 Å². The number of hydrogen-bond donors (Lipinski definition) is 3. The van der Waals surface area contributed by atoms with Crippen LogP contribution in [0.2, 0.25) is 0 Å². The van der Waals surface area contributed by atoms with E-state index in [9.17, 15) is 14.7 Å². The molecule has 0 aliphatic rings. The topological polar surface area (TPSA) is 104 Å². The maximum absolute atomic E-state index is 12.0. The molecule has 138 valence electrons. The van der Waals surface area contributed by atoms with E-state index in [1.807, 2.05) is 19.2 Å². The van der Waals surface area contributed by atoms with Crippen molar-refractivity contribution in [2.75, 3.05) is 5.32 Å². The minimum atomic E-state index is -0.286. The highest BCUT2D eigenvalue weighted by Crippen LogP contribution is 2.22. The summed E-state index contributed by atoms with van der Waals surface area (Å²) in [5.74, 6) is -0.360. The third-order valence-corrected chi connectivity index (χ3v) is 4.44. The number of benzene rings is 1. The molecule has 2 rings (SSSR count). The molecule has 1 aromatic heterocycles. The van der Waals surface area contributed by atoms with Crippen LogP contribution >= 0.6 is 11.3 Å². The second-order valence-electron chi connectivity index (χ2n) is 5.82. The van der Waals surface area contributed by atoms with Gasteiger partial charge in [-0.15, -0.1) is 11.3 Å². The molecule has 0 atom stereocenters. The van der Waals surface area contributed by atoms with Crippen molar-refractivity contribution in [3.8, 4) is 5.75 Å². The molecule has 0 bridgehead atoms. The molecule has 0 unspecified atom stereocenters. The van der Waals surface area contributed by atoms with Gasteiger partial charge in [-0.05, 0) is 38.5 Å². The molecule has 0 saturated heterocycles. The number of nitrogens with one attached hydrogen (secondary N) is 2. The largest absolute Gasteiger partial charge is 0.507 e. The molecule has 26 heavy (non-hydrogen) atoms. The Labute approximate surface area is 156 Å². The molecule has 3 N–H and O–H groups in total. The minimum absolute atomic E-state index is 0.0181. The standard InChI is InChI=1S/C18H22N4O3S/c1-4-5-16(24)20-13-6-7-15(23)14(8-13)12(3)21-22-17(25)9-18-19-11(2)10-26-18/h6-8,10,23H,4-5,9H2,1-3H3,(H,20,24)(H,22,25)/b21-12+. The molecule has 7 nitrogen and oxygen atoms in total. The Kier molecular flexibility index (Phi) is 6.85. The van der Waals surface area contributed by atoms with E-state index < -0.39 is 0 Å². The Morgan fingerprint density at radius 1 is 1.31 bits per heavy atom. The van der Waals surface area contributed by atoms with E-state index in [4.69, 9.17) is 0 Å². The van der Waals surface area contributed by atoms with Crippen LogP contribution in [-0.2, 0) is 16.0 Å². The van der Waals surface area contributed by atoms with Gasteiger partial charge in [0.25, 0.3) is 0 Å². The molecule has 0 spiro atoms. The molecule has 0 aliphatic carbocycles. The van der Waals surface area contributed by atoms with Gasteiger partial charge in [-0.1, -0.05) is 6.92 Å². The quantitative estimate of drug-likeness (QED) is 0.394. The normalized spacial score (nSPS) is 11.3. The fraction of sp³-hybridized carbons (Fsp3) is 0.333. The molecule has 0 fully saturated rings. The maximum atomic E-state index is 12.0. The average Bonchev–Trinajstić information content (AvgIpc) is 2.99. The Balaban J connectivity index is 2.04. The third-order valence-electron chi connectivity index (χ3n) is 3.47. The van der Waals surface area contributed by atoms with E-state index in [0.29, 0.717) is 23.4 Å². The van der Waals surface area contributed by atoms with Crippen molar-refractivity contribution in [2.24, 2.45) is 5.10 Å². The summed E-state index contributed by atoms with van der Waals surface area (Å²) in [6.07, 6.45) is 1.33. The first-order valence-corrected chi connectivity index (χ1v) is 9.14. The lowest BCUT2D eigenvalue weighted by Crippen LogP contribution is -2.21. The number of aromatic nitrogens is 1. The zero-order chi connectivity index (χ0) is 19.1. The number of carbonyl (C=O) groups is 2. The first-order valence-electron chi connectivity index (χ1n) is 8.26. The van der Waals surface area contributed by atoms with Gasteiger partial charge >= 0.3 is 0 Å². The molecule has 1 heterocycles. The first-order chi connectivity index (χ1) is 12.4. The number of anilines is 1. The second-order valence-corrected chi connectivity index (χ2v) is 6.76. The number of phenols is 1. The highest BCUT2D eigenvalue weighted by molar-refractivity contribution is 7.09. The van der Waals surface area contributed by atoms with Crippen molar-refractivity contribution in [1.82, 2.24) is 10.4 Å². The Morgan fingerprint density at radius 3 is 2.73 bits per heavy atom. The smallest absolute Gasteiger partial charge is 0.246 e. The number of aryl methyl sites for hydroxylation is 1. The van der Waals surface area contributed by atoms with Crippen LogP contribution in [0.1, 0.15) is 43.0 Å². The summed E-state index contributed by atoms with van der Waals surface area (Å²) < 4.78 is 0. The number of amides is 2. The molecule has 0 radical (unpaired) electrons. The van der Waals surface area contributed by atoms with E-state index in [0.717, 1.165) is 17.1 Å². The van der Waals surface area contributed by atoms with E-state index >= 15 is 0 Å². The predicted octanol–water partition coefficient (Wildman–Crippen LogP) is 2.98. The Morgan fingerprint density at radius 2 is 2.08 bits per heavy atom. The summed E-state index contributed by atoms with van der Waals surface area (Å²) in [7, 11) is 0. The van der Waals surface area contributed by atoms with Crippen LogP contribution in [0.5, 0.6) is 5.75 Å². The third kappa shape index (κ3) is 5.66. The van der Waals surface area contributed by atoms with Crippen LogP contribution in [0.15, 0.2) is 28.7 Å². The number of nitrogens with zero attached hydrogens (tertiary/aromatic N) is 2.